The van der Waals surface area contributed by atoms with E-state index in [1.807, 2.05) is 30.3 Å². The molecule has 0 bridgehead atoms. The summed E-state index contributed by atoms with van der Waals surface area (Å²) in [6.45, 7) is 1.78. The Kier molecular flexibility index (Phi) is 6.62. The van der Waals surface area contributed by atoms with Gasteiger partial charge in [-0.1, -0.05) is 73.2 Å². The van der Waals surface area contributed by atoms with Gasteiger partial charge in [-0.3, -0.25) is 9.59 Å². The molecule has 1 aliphatic carbocycles. The zero-order chi connectivity index (χ0) is 18.4. The number of benzene rings is 1. The number of hydrogen-bond acceptors (Lipinski definition) is 6. The van der Waals surface area contributed by atoms with Crippen LogP contribution in [0.4, 0.5) is 5.13 Å². The molecule has 0 spiro atoms. The Morgan fingerprint density at radius 2 is 1.96 bits per heavy atom. The van der Waals surface area contributed by atoms with Crippen molar-refractivity contribution in [3.05, 3.63) is 35.9 Å². The van der Waals surface area contributed by atoms with Gasteiger partial charge in [0.2, 0.25) is 16.9 Å². The zero-order valence-corrected chi connectivity index (χ0v) is 16.2. The molecule has 1 fully saturated rings. The van der Waals surface area contributed by atoms with E-state index < -0.39 is 0 Å². The highest BCUT2D eigenvalue weighted by molar-refractivity contribution is 8.01. The fourth-order valence-electron chi connectivity index (χ4n) is 2.86. The van der Waals surface area contributed by atoms with Crippen molar-refractivity contribution in [3.8, 4) is 0 Å². The normalized spacial score (nSPS) is 15.6. The molecule has 2 aromatic rings. The predicted octanol–water partition coefficient (Wildman–Crippen LogP) is 3.78. The Balaban J connectivity index is 1.73. The van der Waals surface area contributed by atoms with Gasteiger partial charge in [0.25, 0.3) is 0 Å². The Hall–Kier alpha value is -1.93. The maximum absolute atomic E-state index is 12.9. The molecule has 0 aliphatic heterocycles. The third kappa shape index (κ3) is 5.04. The van der Waals surface area contributed by atoms with E-state index in [9.17, 15) is 9.59 Å². The van der Waals surface area contributed by atoms with E-state index in [2.05, 4.69) is 20.8 Å². The number of amides is 2. The summed E-state index contributed by atoms with van der Waals surface area (Å²) in [5, 5.41) is 14.1. The van der Waals surface area contributed by atoms with Crippen LogP contribution in [0, 0.1) is 0 Å². The fourth-order valence-corrected chi connectivity index (χ4v) is 4.83. The number of aromatic nitrogens is 2. The van der Waals surface area contributed by atoms with Gasteiger partial charge in [-0.05, 0) is 18.4 Å². The maximum Gasteiger partial charge on any atom is 0.238 e. The largest absolute Gasteiger partial charge is 0.352 e. The molecule has 2 N–H and O–H groups in total. The van der Waals surface area contributed by atoms with Crippen molar-refractivity contribution >= 4 is 40.0 Å². The summed E-state index contributed by atoms with van der Waals surface area (Å²) in [4.78, 5) is 24.4. The van der Waals surface area contributed by atoms with Crippen molar-refractivity contribution in [2.24, 2.45) is 0 Å². The number of rotatable bonds is 7. The van der Waals surface area contributed by atoms with Gasteiger partial charge in [0.15, 0.2) is 4.34 Å². The maximum atomic E-state index is 12.9. The number of carbonyl (C=O) groups is 2. The summed E-state index contributed by atoms with van der Waals surface area (Å²) < 4.78 is 0.659. The molecule has 1 heterocycles. The van der Waals surface area contributed by atoms with E-state index in [0.29, 0.717) is 15.9 Å². The Morgan fingerprint density at radius 3 is 2.65 bits per heavy atom. The molecule has 1 unspecified atom stereocenters. The molecule has 0 radical (unpaired) electrons. The molecule has 26 heavy (non-hydrogen) atoms. The van der Waals surface area contributed by atoms with E-state index >= 15 is 0 Å². The minimum Gasteiger partial charge on any atom is -0.352 e. The topological polar surface area (TPSA) is 84.0 Å². The number of carbonyl (C=O) groups excluding carboxylic acids is 2. The molecule has 8 heteroatoms. The number of anilines is 1. The average Bonchev–Trinajstić information content (AvgIpc) is 3.32. The van der Waals surface area contributed by atoms with E-state index in [-0.39, 0.29) is 23.1 Å². The van der Waals surface area contributed by atoms with E-state index in [0.717, 1.165) is 18.4 Å². The van der Waals surface area contributed by atoms with Gasteiger partial charge in [0.1, 0.15) is 5.25 Å². The van der Waals surface area contributed by atoms with Gasteiger partial charge in [-0.25, -0.2) is 0 Å². The standard InChI is InChI=1S/C18H22N4O2S2/c1-2-14(23)20-17-21-22-18(26-17)25-15(12-8-4-3-5-9-12)16(24)19-13-10-6-7-11-13/h3-5,8-9,13,15H,2,6-7,10-11H2,1H3,(H,19,24)(H,20,21,23). The number of nitrogens with one attached hydrogen (secondary N) is 2. The minimum absolute atomic E-state index is 0.00226. The van der Waals surface area contributed by atoms with Crippen molar-refractivity contribution in [1.29, 1.82) is 0 Å². The van der Waals surface area contributed by atoms with E-state index in [4.69, 9.17) is 0 Å². The second kappa shape index (κ2) is 9.14. The highest BCUT2D eigenvalue weighted by atomic mass is 32.2. The molecule has 1 atom stereocenters. The summed E-state index contributed by atoms with van der Waals surface area (Å²) in [6, 6.07) is 9.96. The van der Waals surface area contributed by atoms with Gasteiger partial charge in [0, 0.05) is 12.5 Å². The molecule has 138 valence electrons. The number of thioether (sulfide) groups is 1. The highest BCUT2D eigenvalue weighted by Crippen LogP contribution is 2.38. The van der Waals surface area contributed by atoms with Gasteiger partial charge < -0.3 is 10.6 Å². The number of hydrogen-bond donors (Lipinski definition) is 2. The summed E-state index contributed by atoms with van der Waals surface area (Å²) in [7, 11) is 0. The first-order chi connectivity index (χ1) is 12.7. The summed E-state index contributed by atoms with van der Waals surface area (Å²) >= 11 is 2.66. The van der Waals surface area contributed by atoms with Crippen LogP contribution in [0.15, 0.2) is 34.7 Å². The first-order valence-corrected chi connectivity index (χ1v) is 10.5. The van der Waals surface area contributed by atoms with Crippen molar-refractivity contribution in [3.63, 3.8) is 0 Å². The van der Waals surface area contributed by atoms with Crippen LogP contribution in [0.1, 0.15) is 49.8 Å². The van der Waals surface area contributed by atoms with Crippen molar-refractivity contribution in [2.75, 3.05) is 5.32 Å². The van der Waals surface area contributed by atoms with Crippen LogP contribution < -0.4 is 10.6 Å². The third-order valence-electron chi connectivity index (χ3n) is 4.23. The van der Waals surface area contributed by atoms with Crippen LogP contribution in [0.3, 0.4) is 0 Å². The summed E-state index contributed by atoms with van der Waals surface area (Å²) in [6.07, 6.45) is 4.82. The lowest BCUT2D eigenvalue weighted by Crippen LogP contribution is -2.35. The second-order valence-electron chi connectivity index (χ2n) is 6.17. The predicted molar refractivity (Wildman–Crippen MR) is 104 cm³/mol. The molecule has 3 rings (SSSR count). The number of nitrogens with zero attached hydrogens (tertiary/aromatic N) is 2. The molecular weight excluding hydrogens is 368 g/mol. The average molecular weight is 391 g/mol. The van der Waals surface area contributed by atoms with Crippen LogP contribution in [0.25, 0.3) is 0 Å². The van der Waals surface area contributed by atoms with Gasteiger partial charge in [-0.2, -0.15) is 0 Å². The molecule has 1 saturated carbocycles. The zero-order valence-electron chi connectivity index (χ0n) is 14.6. The van der Waals surface area contributed by atoms with Crippen LogP contribution >= 0.6 is 23.1 Å². The van der Waals surface area contributed by atoms with E-state index in [1.165, 1.54) is 35.9 Å². The Morgan fingerprint density at radius 1 is 1.23 bits per heavy atom. The van der Waals surface area contributed by atoms with Gasteiger partial charge in [0.05, 0.1) is 0 Å². The Bertz CT molecular complexity index is 745. The van der Waals surface area contributed by atoms with Crippen LogP contribution in [0.2, 0.25) is 0 Å². The van der Waals surface area contributed by atoms with Crippen molar-refractivity contribution in [2.45, 2.75) is 54.7 Å². The SMILES string of the molecule is CCC(=O)Nc1nnc(SC(C(=O)NC2CCCC2)c2ccccc2)s1. The molecule has 0 saturated heterocycles. The van der Waals surface area contributed by atoms with Gasteiger partial charge in [-0.15, -0.1) is 10.2 Å². The molecule has 1 aliphatic rings. The van der Waals surface area contributed by atoms with Gasteiger partial charge >= 0.3 is 0 Å². The fraction of sp³-hybridized carbons (Fsp3) is 0.444. The summed E-state index contributed by atoms with van der Waals surface area (Å²) in [5.41, 5.74) is 0.933. The van der Waals surface area contributed by atoms with E-state index in [1.54, 1.807) is 6.92 Å². The smallest absolute Gasteiger partial charge is 0.238 e. The van der Waals surface area contributed by atoms with Crippen LogP contribution in [0.5, 0.6) is 0 Å². The lowest BCUT2D eigenvalue weighted by molar-refractivity contribution is -0.121. The quantitative estimate of drug-likeness (QED) is 0.555. The molecular formula is C18H22N4O2S2. The molecule has 1 aromatic carbocycles. The lowest BCUT2D eigenvalue weighted by Gasteiger charge is -2.19. The van der Waals surface area contributed by atoms with Crippen molar-refractivity contribution < 1.29 is 9.59 Å². The monoisotopic (exact) mass is 390 g/mol. The first-order valence-electron chi connectivity index (χ1n) is 8.81. The molecule has 6 nitrogen and oxygen atoms in total. The highest BCUT2D eigenvalue weighted by Gasteiger charge is 2.27. The minimum atomic E-state index is -0.389. The first kappa shape index (κ1) is 18.8. The second-order valence-corrected chi connectivity index (χ2v) is 8.50. The van der Waals surface area contributed by atoms with Crippen LogP contribution in [-0.2, 0) is 9.59 Å². The summed E-state index contributed by atoms with van der Waals surface area (Å²) in [5.74, 6) is -0.0984. The van der Waals surface area contributed by atoms with Crippen LogP contribution in [-0.4, -0.2) is 28.1 Å². The lowest BCUT2D eigenvalue weighted by atomic mass is 10.1. The molecule has 1 aromatic heterocycles. The Labute approximate surface area is 161 Å². The van der Waals surface area contributed by atoms with Crippen molar-refractivity contribution in [1.82, 2.24) is 15.5 Å². The molecule has 2 amide bonds. The third-order valence-corrected chi connectivity index (χ3v) is 6.41.